The van der Waals surface area contributed by atoms with Gasteiger partial charge in [0.25, 0.3) is 0 Å². The Hall–Kier alpha value is -3.43. The number of hydrogen-bond acceptors (Lipinski definition) is 6. The molecule has 35 heavy (non-hydrogen) atoms. The lowest BCUT2D eigenvalue weighted by Crippen LogP contribution is -2.35. The van der Waals surface area contributed by atoms with Crippen molar-refractivity contribution in [3.05, 3.63) is 59.7 Å². The van der Waals surface area contributed by atoms with Crippen LogP contribution in [0.3, 0.4) is 0 Å². The molecule has 0 aromatic heterocycles. The van der Waals surface area contributed by atoms with Gasteiger partial charge in [-0.15, -0.1) is 0 Å². The third kappa shape index (κ3) is 7.80. The van der Waals surface area contributed by atoms with E-state index in [-0.39, 0.29) is 57.6 Å². The van der Waals surface area contributed by atoms with Gasteiger partial charge in [-0.2, -0.15) is 0 Å². The number of fused-ring (bicyclic) bond motifs is 3. The average Bonchev–Trinajstić information content (AvgIpc) is 3.17. The molecule has 0 saturated heterocycles. The summed E-state index contributed by atoms with van der Waals surface area (Å²) in [6.07, 6.45) is -1.14. The first kappa shape index (κ1) is 26.2. The van der Waals surface area contributed by atoms with Gasteiger partial charge in [0, 0.05) is 32.0 Å². The summed E-state index contributed by atoms with van der Waals surface area (Å²) >= 11 is 0. The molecular weight excluding hydrogens is 452 g/mol. The van der Waals surface area contributed by atoms with Gasteiger partial charge in [0.05, 0.1) is 25.7 Å². The zero-order valence-corrected chi connectivity index (χ0v) is 19.8. The van der Waals surface area contributed by atoms with Gasteiger partial charge in [-0.3, -0.25) is 9.59 Å². The van der Waals surface area contributed by atoms with Gasteiger partial charge in [-0.25, -0.2) is 4.79 Å². The van der Waals surface area contributed by atoms with Crippen molar-refractivity contribution in [1.29, 1.82) is 0 Å². The molecule has 3 N–H and O–H groups in total. The molecule has 2 aromatic rings. The quantitative estimate of drug-likeness (QED) is 0.352. The Morgan fingerprint density at radius 1 is 0.971 bits per heavy atom. The van der Waals surface area contributed by atoms with Gasteiger partial charge >= 0.3 is 12.1 Å². The van der Waals surface area contributed by atoms with E-state index in [0.29, 0.717) is 6.61 Å². The van der Waals surface area contributed by atoms with E-state index in [1.165, 1.54) is 11.1 Å². The number of ether oxygens (including phenoxy) is 3. The SMILES string of the molecule is CCOC(CNC(=O)CCOCCNC(=O)OCC1c2ccccc2-c2ccccc21)CC(=O)O. The Balaban J connectivity index is 1.29. The largest absolute Gasteiger partial charge is 0.481 e. The summed E-state index contributed by atoms with van der Waals surface area (Å²) in [7, 11) is 0. The number of rotatable bonds is 14. The summed E-state index contributed by atoms with van der Waals surface area (Å²) in [4.78, 5) is 34.8. The Bertz CT molecular complexity index is 965. The van der Waals surface area contributed by atoms with Gasteiger partial charge in [0.2, 0.25) is 5.91 Å². The summed E-state index contributed by atoms with van der Waals surface area (Å²) in [5, 5.41) is 14.2. The fourth-order valence-corrected chi connectivity index (χ4v) is 4.08. The normalized spacial score (nSPS) is 12.9. The van der Waals surface area contributed by atoms with Crippen LogP contribution in [0.4, 0.5) is 4.79 Å². The molecule has 0 fully saturated rings. The summed E-state index contributed by atoms with van der Waals surface area (Å²) in [5.41, 5.74) is 4.65. The molecule has 9 heteroatoms. The number of amides is 2. The molecule has 1 atom stereocenters. The highest BCUT2D eigenvalue weighted by Gasteiger charge is 2.28. The van der Waals surface area contributed by atoms with Crippen LogP contribution in [0, 0.1) is 0 Å². The van der Waals surface area contributed by atoms with Crippen molar-refractivity contribution < 1.29 is 33.7 Å². The highest BCUT2D eigenvalue weighted by atomic mass is 16.5. The van der Waals surface area contributed by atoms with Gasteiger partial charge in [-0.05, 0) is 29.2 Å². The molecule has 0 radical (unpaired) electrons. The Kier molecular flexibility index (Phi) is 10.1. The number of nitrogens with one attached hydrogen (secondary N) is 2. The Morgan fingerprint density at radius 2 is 1.63 bits per heavy atom. The van der Waals surface area contributed by atoms with E-state index < -0.39 is 18.2 Å². The first-order chi connectivity index (χ1) is 17.0. The van der Waals surface area contributed by atoms with Crippen molar-refractivity contribution in [1.82, 2.24) is 10.6 Å². The molecule has 0 bridgehead atoms. The van der Waals surface area contributed by atoms with Crippen molar-refractivity contribution in [2.45, 2.75) is 31.8 Å². The maximum atomic E-state index is 12.1. The second-order valence-electron chi connectivity index (χ2n) is 8.09. The highest BCUT2D eigenvalue weighted by molar-refractivity contribution is 5.79. The van der Waals surface area contributed by atoms with Crippen LogP contribution in [-0.2, 0) is 23.8 Å². The molecule has 1 unspecified atom stereocenters. The first-order valence-corrected chi connectivity index (χ1v) is 11.8. The summed E-state index contributed by atoms with van der Waals surface area (Å²) in [6, 6.07) is 16.3. The van der Waals surface area contributed by atoms with Crippen LogP contribution < -0.4 is 10.6 Å². The lowest BCUT2D eigenvalue weighted by atomic mass is 9.98. The van der Waals surface area contributed by atoms with Crippen LogP contribution in [0.25, 0.3) is 11.1 Å². The molecular formula is C26H32N2O7. The highest BCUT2D eigenvalue weighted by Crippen LogP contribution is 2.44. The van der Waals surface area contributed by atoms with Crippen LogP contribution in [-0.4, -0.2) is 68.7 Å². The Morgan fingerprint density at radius 3 is 2.26 bits per heavy atom. The van der Waals surface area contributed by atoms with Crippen LogP contribution >= 0.6 is 0 Å². The molecule has 0 saturated carbocycles. The zero-order chi connectivity index (χ0) is 25.0. The molecule has 1 aliphatic carbocycles. The number of hydrogen-bond donors (Lipinski definition) is 3. The lowest BCUT2D eigenvalue weighted by Gasteiger charge is -2.15. The minimum atomic E-state index is -0.982. The first-order valence-electron chi connectivity index (χ1n) is 11.8. The second kappa shape index (κ2) is 13.5. The number of carbonyl (C=O) groups is 3. The molecule has 9 nitrogen and oxygen atoms in total. The summed E-state index contributed by atoms with van der Waals surface area (Å²) in [6.45, 7) is 3.17. The summed E-state index contributed by atoms with van der Waals surface area (Å²) in [5.74, 6) is -1.24. The molecule has 2 aromatic carbocycles. The molecule has 188 valence electrons. The smallest absolute Gasteiger partial charge is 0.407 e. The van der Waals surface area contributed by atoms with Gasteiger partial charge in [0.15, 0.2) is 0 Å². The molecule has 2 amide bonds. The number of benzene rings is 2. The third-order valence-corrected chi connectivity index (χ3v) is 5.66. The predicted molar refractivity (Wildman–Crippen MR) is 129 cm³/mol. The lowest BCUT2D eigenvalue weighted by molar-refractivity contribution is -0.140. The number of alkyl carbamates (subject to hydrolysis) is 1. The van der Waals surface area contributed by atoms with E-state index in [1.54, 1.807) is 6.92 Å². The van der Waals surface area contributed by atoms with E-state index in [9.17, 15) is 14.4 Å². The maximum Gasteiger partial charge on any atom is 0.407 e. The topological polar surface area (TPSA) is 123 Å². The summed E-state index contributed by atoms with van der Waals surface area (Å²) < 4.78 is 16.1. The van der Waals surface area contributed by atoms with Crippen LogP contribution in [0.15, 0.2) is 48.5 Å². The second-order valence-corrected chi connectivity index (χ2v) is 8.09. The monoisotopic (exact) mass is 484 g/mol. The zero-order valence-electron chi connectivity index (χ0n) is 19.8. The van der Waals surface area contributed by atoms with Crippen molar-refractivity contribution >= 4 is 18.0 Å². The van der Waals surface area contributed by atoms with Crippen molar-refractivity contribution in [2.75, 3.05) is 39.5 Å². The van der Waals surface area contributed by atoms with Gasteiger partial charge in [0.1, 0.15) is 6.61 Å². The number of carboxylic acid groups (broad SMARTS) is 1. The van der Waals surface area contributed by atoms with E-state index in [0.717, 1.165) is 11.1 Å². The van der Waals surface area contributed by atoms with Gasteiger partial charge < -0.3 is 30.0 Å². The number of carbonyl (C=O) groups excluding carboxylic acids is 2. The maximum absolute atomic E-state index is 12.1. The van der Waals surface area contributed by atoms with Crippen molar-refractivity contribution in [2.24, 2.45) is 0 Å². The van der Waals surface area contributed by atoms with Crippen molar-refractivity contribution in [3.63, 3.8) is 0 Å². The van der Waals surface area contributed by atoms with Gasteiger partial charge in [-0.1, -0.05) is 48.5 Å². The Labute approximate surface area is 204 Å². The number of aliphatic carboxylic acids is 1. The average molecular weight is 485 g/mol. The molecule has 0 aliphatic heterocycles. The fourth-order valence-electron chi connectivity index (χ4n) is 4.08. The van der Waals surface area contributed by atoms with E-state index in [2.05, 4.69) is 34.9 Å². The van der Waals surface area contributed by atoms with E-state index in [4.69, 9.17) is 19.3 Å². The number of carboxylic acids is 1. The standard InChI is InChI=1S/C26H32N2O7/c1-2-34-18(15-25(30)31)16-28-24(29)11-13-33-14-12-27-26(32)35-17-23-21-9-5-3-7-19(21)20-8-4-6-10-22(20)23/h3-10,18,23H,2,11-17H2,1H3,(H,27,32)(H,28,29)(H,30,31). The molecule has 0 spiro atoms. The fraction of sp³-hybridized carbons (Fsp3) is 0.423. The molecule has 0 heterocycles. The van der Waals surface area contributed by atoms with Crippen LogP contribution in [0.5, 0.6) is 0 Å². The van der Waals surface area contributed by atoms with E-state index in [1.807, 2.05) is 24.3 Å². The van der Waals surface area contributed by atoms with Crippen LogP contribution in [0.2, 0.25) is 0 Å². The molecule has 3 rings (SSSR count). The predicted octanol–water partition coefficient (Wildman–Crippen LogP) is 2.93. The third-order valence-electron chi connectivity index (χ3n) is 5.66. The minimum Gasteiger partial charge on any atom is -0.481 e. The van der Waals surface area contributed by atoms with E-state index >= 15 is 0 Å². The molecule has 1 aliphatic rings. The minimum absolute atomic E-state index is 0.000680. The van der Waals surface area contributed by atoms with Crippen molar-refractivity contribution in [3.8, 4) is 11.1 Å². The van der Waals surface area contributed by atoms with Crippen LogP contribution in [0.1, 0.15) is 36.8 Å².